The topological polar surface area (TPSA) is 82.8 Å². The zero-order valence-corrected chi connectivity index (χ0v) is 22.4. The van der Waals surface area contributed by atoms with E-state index in [9.17, 15) is 9.90 Å². The lowest BCUT2D eigenvalue weighted by Gasteiger charge is -2.36. The lowest BCUT2D eigenvalue weighted by molar-refractivity contribution is -0.113. The first-order valence-corrected chi connectivity index (χ1v) is 13.3. The molecule has 1 aromatic heterocycles. The van der Waals surface area contributed by atoms with E-state index in [0.717, 1.165) is 45.9 Å². The number of aliphatic imine (C=N–C) groups is 1. The number of nitrogens with one attached hydrogen (secondary N) is 1. The van der Waals surface area contributed by atoms with Crippen molar-refractivity contribution < 1.29 is 9.90 Å². The first kappa shape index (κ1) is 25.0. The maximum atomic E-state index is 12.6. The lowest BCUT2D eigenvalue weighted by Crippen LogP contribution is -2.55. The summed E-state index contributed by atoms with van der Waals surface area (Å²) in [6, 6.07) is 12.4. The maximum Gasteiger partial charge on any atom is 0.286 e. The van der Waals surface area contributed by atoms with Crippen LogP contribution < -0.4 is 5.32 Å². The summed E-state index contributed by atoms with van der Waals surface area (Å²) in [5, 5.41) is 20.7. The van der Waals surface area contributed by atoms with Gasteiger partial charge in [0.15, 0.2) is 5.17 Å². The van der Waals surface area contributed by atoms with Gasteiger partial charge in [-0.15, -0.1) is 0 Å². The Labute approximate surface area is 220 Å². The van der Waals surface area contributed by atoms with Crippen LogP contribution in [0, 0.1) is 0 Å². The van der Waals surface area contributed by atoms with Gasteiger partial charge in [0.25, 0.3) is 5.91 Å². The molecule has 3 aromatic rings. The number of aromatic nitrogens is 2. The highest BCUT2D eigenvalue weighted by atomic mass is 35.5. The number of piperazine rings is 1. The van der Waals surface area contributed by atoms with Gasteiger partial charge in [-0.2, -0.15) is 10.1 Å². The highest BCUT2D eigenvalue weighted by Crippen LogP contribution is 2.32. The summed E-state index contributed by atoms with van der Waals surface area (Å²) in [5.74, 6) is -0.186. The summed E-state index contributed by atoms with van der Waals surface area (Å²) >= 11 is 7.96. The Hall–Kier alpha value is -2.65. The van der Waals surface area contributed by atoms with Crippen LogP contribution in [0.25, 0.3) is 17.0 Å². The molecule has 2 N–H and O–H groups in total. The molecule has 2 atom stereocenters. The standard InChI is InChI=1S/C27H30ClN5O2S/c1-16-13-32(14-17(2)30-16)26-31-25(34)24(36-26)10-18-5-8-23-20(9-18)12-29-33(23)15-19-6-7-21(11-22(19)28)27(3,4)35/h5-12,16-17,30,35H,13-15H2,1-4H3. The lowest BCUT2D eigenvalue weighted by atomic mass is 9.97. The quantitative estimate of drug-likeness (QED) is 0.486. The van der Waals surface area contributed by atoms with Gasteiger partial charge in [0.2, 0.25) is 0 Å². The van der Waals surface area contributed by atoms with Gasteiger partial charge in [-0.25, -0.2) is 0 Å². The SMILES string of the molecule is CC1CN(C2=NC(=O)C(=Cc3ccc4c(cnn4Cc4ccc(C(C)(C)O)cc4Cl)c3)S2)CC(C)N1. The van der Waals surface area contributed by atoms with Crippen LogP contribution in [-0.2, 0) is 16.9 Å². The van der Waals surface area contributed by atoms with Gasteiger partial charge in [-0.3, -0.25) is 9.48 Å². The van der Waals surface area contributed by atoms with Crippen LogP contribution in [0.4, 0.5) is 0 Å². The predicted molar refractivity (Wildman–Crippen MR) is 147 cm³/mol. The van der Waals surface area contributed by atoms with E-state index in [4.69, 9.17) is 11.6 Å². The van der Waals surface area contributed by atoms with Crippen LogP contribution in [0.3, 0.4) is 0 Å². The van der Waals surface area contributed by atoms with Crippen LogP contribution in [-0.4, -0.2) is 56.0 Å². The number of carbonyl (C=O) groups is 1. The zero-order chi connectivity index (χ0) is 25.6. The molecule has 7 nitrogen and oxygen atoms in total. The summed E-state index contributed by atoms with van der Waals surface area (Å²) < 4.78 is 1.90. The Morgan fingerprint density at radius 2 is 1.94 bits per heavy atom. The van der Waals surface area contributed by atoms with E-state index in [1.165, 1.54) is 11.8 Å². The zero-order valence-electron chi connectivity index (χ0n) is 20.8. The van der Waals surface area contributed by atoms with E-state index in [-0.39, 0.29) is 5.91 Å². The van der Waals surface area contributed by atoms with Crippen molar-refractivity contribution in [1.82, 2.24) is 20.0 Å². The summed E-state index contributed by atoms with van der Waals surface area (Å²) in [5.41, 5.74) is 2.66. The average molecular weight is 524 g/mol. The monoisotopic (exact) mass is 523 g/mol. The highest BCUT2D eigenvalue weighted by Gasteiger charge is 2.30. The molecule has 0 aliphatic carbocycles. The number of fused-ring (bicyclic) bond motifs is 1. The molecule has 1 saturated heterocycles. The number of rotatable bonds is 4. The van der Waals surface area contributed by atoms with Crippen molar-refractivity contribution in [1.29, 1.82) is 0 Å². The Kier molecular flexibility index (Phi) is 6.72. The van der Waals surface area contributed by atoms with Crippen molar-refractivity contribution in [3.8, 4) is 0 Å². The fraction of sp³-hybridized carbons (Fsp3) is 0.370. The number of halogens is 1. The second kappa shape index (κ2) is 9.67. The number of carbonyl (C=O) groups excluding carboxylic acids is 1. The third kappa shape index (κ3) is 5.22. The van der Waals surface area contributed by atoms with E-state index >= 15 is 0 Å². The Morgan fingerprint density at radius 1 is 1.19 bits per heavy atom. The fourth-order valence-corrected chi connectivity index (χ4v) is 5.88. The fourth-order valence-electron chi connectivity index (χ4n) is 4.71. The summed E-state index contributed by atoms with van der Waals surface area (Å²) in [4.78, 5) is 19.8. The molecule has 5 rings (SSSR count). The first-order valence-electron chi connectivity index (χ1n) is 12.1. The molecule has 2 aromatic carbocycles. The summed E-state index contributed by atoms with van der Waals surface area (Å²) in [6.07, 6.45) is 3.73. The minimum Gasteiger partial charge on any atom is -0.386 e. The molecule has 0 bridgehead atoms. The van der Waals surface area contributed by atoms with Crippen molar-refractivity contribution in [3.63, 3.8) is 0 Å². The largest absolute Gasteiger partial charge is 0.386 e. The molecule has 2 aliphatic rings. The summed E-state index contributed by atoms with van der Waals surface area (Å²) in [6.45, 7) is 9.97. The minimum absolute atomic E-state index is 0.186. The summed E-state index contributed by atoms with van der Waals surface area (Å²) in [7, 11) is 0. The second-order valence-electron chi connectivity index (χ2n) is 10.2. The van der Waals surface area contributed by atoms with Crippen LogP contribution in [0.2, 0.25) is 5.02 Å². The van der Waals surface area contributed by atoms with E-state index in [1.54, 1.807) is 19.9 Å². The van der Waals surface area contributed by atoms with Gasteiger partial charge in [0, 0.05) is 35.6 Å². The van der Waals surface area contributed by atoms with Gasteiger partial charge in [-0.1, -0.05) is 29.8 Å². The van der Waals surface area contributed by atoms with Crippen molar-refractivity contribution in [2.75, 3.05) is 13.1 Å². The van der Waals surface area contributed by atoms with Gasteiger partial charge in [0.05, 0.1) is 28.8 Å². The molecule has 188 valence electrons. The first-order chi connectivity index (χ1) is 17.1. The average Bonchev–Trinajstić information content (AvgIpc) is 3.37. The number of thioether (sulfide) groups is 1. The number of hydrogen-bond donors (Lipinski definition) is 2. The third-order valence-corrected chi connectivity index (χ3v) is 7.88. The van der Waals surface area contributed by atoms with E-state index in [0.29, 0.717) is 28.6 Å². The molecule has 2 aliphatic heterocycles. The Morgan fingerprint density at radius 3 is 2.64 bits per heavy atom. The molecule has 3 heterocycles. The van der Waals surface area contributed by atoms with Gasteiger partial charge in [-0.05, 0) is 80.4 Å². The maximum absolute atomic E-state index is 12.6. The molecule has 0 saturated carbocycles. The molecule has 1 fully saturated rings. The molecular formula is C27H30ClN5O2S. The predicted octanol–water partition coefficient (Wildman–Crippen LogP) is 4.62. The normalized spacial score (nSPS) is 22.1. The molecule has 2 unspecified atom stereocenters. The van der Waals surface area contributed by atoms with Crippen molar-refractivity contribution in [3.05, 3.63) is 69.2 Å². The van der Waals surface area contributed by atoms with Crippen LogP contribution in [0.15, 0.2) is 52.5 Å². The molecule has 0 radical (unpaired) electrons. The van der Waals surface area contributed by atoms with Gasteiger partial charge >= 0.3 is 0 Å². The van der Waals surface area contributed by atoms with E-state index in [1.807, 2.05) is 47.3 Å². The number of hydrogen-bond acceptors (Lipinski definition) is 6. The van der Waals surface area contributed by atoms with E-state index < -0.39 is 5.60 Å². The smallest absolute Gasteiger partial charge is 0.286 e. The highest BCUT2D eigenvalue weighted by molar-refractivity contribution is 8.18. The van der Waals surface area contributed by atoms with Crippen LogP contribution in [0.1, 0.15) is 44.4 Å². The number of nitrogens with zero attached hydrogens (tertiary/aromatic N) is 4. The number of benzene rings is 2. The molecule has 9 heteroatoms. The van der Waals surface area contributed by atoms with Crippen LogP contribution >= 0.6 is 23.4 Å². The molecule has 1 amide bonds. The van der Waals surface area contributed by atoms with Crippen molar-refractivity contribution >= 4 is 51.4 Å². The number of amides is 1. The van der Waals surface area contributed by atoms with Crippen molar-refractivity contribution in [2.45, 2.75) is 51.9 Å². The van der Waals surface area contributed by atoms with Gasteiger partial charge in [0.1, 0.15) is 0 Å². The molecular weight excluding hydrogens is 494 g/mol. The Balaban J connectivity index is 1.33. The van der Waals surface area contributed by atoms with Crippen LogP contribution in [0.5, 0.6) is 0 Å². The van der Waals surface area contributed by atoms with Crippen molar-refractivity contribution in [2.24, 2.45) is 4.99 Å². The molecule has 36 heavy (non-hydrogen) atoms. The van der Waals surface area contributed by atoms with Gasteiger partial charge < -0.3 is 15.3 Å². The second-order valence-corrected chi connectivity index (χ2v) is 11.6. The number of aliphatic hydroxyl groups is 1. The van der Waals surface area contributed by atoms with E-state index in [2.05, 4.69) is 34.2 Å². The number of amidine groups is 1. The minimum atomic E-state index is -0.946. The molecule has 0 spiro atoms. The Bertz CT molecular complexity index is 1380. The third-order valence-electron chi connectivity index (χ3n) is 6.48.